The highest BCUT2D eigenvalue weighted by Gasteiger charge is 2.33. The summed E-state index contributed by atoms with van der Waals surface area (Å²) < 4.78 is 46.3. The molecule has 1 aliphatic rings. The fourth-order valence-corrected chi connectivity index (χ4v) is 3.83. The van der Waals surface area contributed by atoms with Crippen LogP contribution in [-0.2, 0) is 16.0 Å². The molecule has 0 unspecified atom stereocenters. The molecule has 2 heterocycles. The highest BCUT2D eigenvalue weighted by molar-refractivity contribution is 5.71. The lowest BCUT2D eigenvalue weighted by atomic mass is 9.81. The van der Waals surface area contributed by atoms with E-state index >= 15 is 0 Å². The fraction of sp³-hybridized carbons (Fsp3) is 0.500. The number of tetrazole rings is 1. The maximum absolute atomic E-state index is 14.8. The number of hydrogen-bond donors (Lipinski definition) is 3. The number of H-pyrrole nitrogens is 1. The van der Waals surface area contributed by atoms with E-state index in [4.69, 9.17) is 9.90 Å². The second-order valence-corrected chi connectivity index (χ2v) is 8.55. The summed E-state index contributed by atoms with van der Waals surface area (Å²) in [6.07, 6.45) is -1.46. The molecular formula is C22H27F4N5O4. The number of nitrogens with zero attached hydrogens (tertiary/aromatic N) is 3. The number of nitrogens with two attached hydrogens (primary N) is 1. The van der Waals surface area contributed by atoms with Crippen LogP contribution >= 0.6 is 0 Å². The summed E-state index contributed by atoms with van der Waals surface area (Å²) >= 11 is 0. The summed E-state index contributed by atoms with van der Waals surface area (Å²) in [6, 6.07) is 5.18. The zero-order valence-electron chi connectivity index (χ0n) is 19.2. The van der Waals surface area contributed by atoms with Crippen molar-refractivity contribution >= 4 is 17.5 Å². The number of aromatic amines is 1. The molecular weight excluding hydrogens is 474 g/mol. The van der Waals surface area contributed by atoms with Gasteiger partial charge in [-0.3, -0.25) is 4.79 Å². The number of carbonyl (C=O) groups is 2. The van der Waals surface area contributed by atoms with Gasteiger partial charge in [0.1, 0.15) is 11.8 Å². The lowest BCUT2D eigenvalue weighted by molar-refractivity contribution is -0.646. The maximum Gasteiger partial charge on any atom is 0.430 e. The van der Waals surface area contributed by atoms with E-state index in [1.165, 1.54) is 6.07 Å². The molecule has 0 amide bonds. The predicted octanol–water partition coefficient (Wildman–Crippen LogP) is 1.06. The molecule has 0 fully saturated rings. The van der Waals surface area contributed by atoms with Gasteiger partial charge in [0.15, 0.2) is 5.82 Å². The third kappa shape index (κ3) is 8.42. The number of benzene rings is 1. The number of quaternary nitrogens is 1. The minimum Gasteiger partial charge on any atom is -0.542 e. The minimum absolute atomic E-state index is 0.199. The first kappa shape index (κ1) is 27.9. The summed E-state index contributed by atoms with van der Waals surface area (Å²) in [6.45, 7) is 5.79. The van der Waals surface area contributed by atoms with Crippen LogP contribution in [0.25, 0.3) is 5.57 Å². The molecule has 13 heteroatoms. The van der Waals surface area contributed by atoms with Crippen molar-refractivity contribution in [2.45, 2.75) is 45.2 Å². The quantitative estimate of drug-likeness (QED) is 0.458. The number of carboxylic acid groups (broad SMARTS) is 2. The Morgan fingerprint density at radius 1 is 1.29 bits per heavy atom. The lowest BCUT2D eigenvalue weighted by Crippen LogP contribution is -2.84. The molecule has 0 saturated heterocycles. The summed E-state index contributed by atoms with van der Waals surface area (Å²) in [5, 5.41) is 34.8. The molecule has 192 valence electrons. The zero-order valence-corrected chi connectivity index (χ0v) is 19.2. The van der Waals surface area contributed by atoms with Gasteiger partial charge in [0, 0.05) is 17.9 Å². The summed E-state index contributed by atoms with van der Waals surface area (Å²) in [5.41, 5.74) is 2.39. The van der Waals surface area contributed by atoms with Crippen LogP contribution in [0.4, 0.5) is 17.6 Å². The molecule has 4 N–H and O–H groups in total. The second-order valence-electron chi connectivity index (χ2n) is 8.55. The highest BCUT2D eigenvalue weighted by atomic mass is 19.4. The zero-order chi connectivity index (χ0) is 26.2. The number of alkyl halides is 3. The van der Waals surface area contributed by atoms with Gasteiger partial charge in [0.25, 0.3) is 0 Å². The van der Waals surface area contributed by atoms with Gasteiger partial charge in [-0.15, -0.1) is 10.2 Å². The molecule has 0 aliphatic carbocycles. The molecule has 0 spiro atoms. The predicted molar refractivity (Wildman–Crippen MR) is 113 cm³/mol. The average Bonchev–Trinajstić information content (AvgIpc) is 3.31. The topological polar surface area (TPSA) is 148 Å². The first-order valence-electron chi connectivity index (χ1n) is 10.9. The van der Waals surface area contributed by atoms with Gasteiger partial charge in [0.2, 0.25) is 0 Å². The van der Waals surface area contributed by atoms with E-state index in [-0.39, 0.29) is 11.7 Å². The Balaban J connectivity index is 0.000000540. The van der Waals surface area contributed by atoms with Crippen molar-refractivity contribution in [3.8, 4) is 0 Å². The van der Waals surface area contributed by atoms with E-state index in [9.17, 15) is 27.5 Å². The van der Waals surface area contributed by atoms with Gasteiger partial charge in [-0.2, -0.15) is 18.4 Å². The van der Waals surface area contributed by atoms with E-state index in [0.717, 1.165) is 30.6 Å². The van der Waals surface area contributed by atoms with Crippen molar-refractivity contribution in [1.82, 2.24) is 20.6 Å². The van der Waals surface area contributed by atoms with Crippen LogP contribution in [0.5, 0.6) is 0 Å². The normalized spacial score (nSPS) is 15.6. The van der Waals surface area contributed by atoms with Crippen molar-refractivity contribution in [1.29, 1.82) is 0 Å². The van der Waals surface area contributed by atoms with Crippen LogP contribution < -0.4 is 10.4 Å². The Hall–Kier alpha value is -3.35. The molecule has 0 bridgehead atoms. The van der Waals surface area contributed by atoms with Crippen molar-refractivity contribution in [2.75, 3.05) is 13.1 Å². The molecule has 35 heavy (non-hydrogen) atoms. The van der Waals surface area contributed by atoms with Crippen LogP contribution in [0.15, 0.2) is 24.3 Å². The molecule has 3 rings (SSSR count). The first-order valence-corrected chi connectivity index (χ1v) is 10.9. The van der Waals surface area contributed by atoms with Crippen LogP contribution in [0.2, 0.25) is 0 Å². The number of aliphatic carboxylic acids is 2. The van der Waals surface area contributed by atoms with Crippen LogP contribution in [0.3, 0.4) is 0 Å². The summed E-state index contributed by atoms with van der Waals surface area (Å²) in [5.74, 6) is -4.78. The SMILES string of the molecule is CC(C)C[C@H](C(=O)O)[C@H](Cc1ccc(C2=CC[NH2+]CC2)c(F)c1)c1nn[nH]n1.O=C([O-])C(F)(F)F. The van der Waals surface area contributed by atoms with Gasteiger partial charge in [-0.25, -0.2) is 4.39 Å². The molecule has 0 radical (unpaired) electrons. The largest absolute Gasteiger partial charge is 0.542 e. The monoisotopic (exact) mass is 501 g/mol. The third-order valence-corrected chi connectivity index (χ3v) is 5.44. The number of carboxylic acids is 2. The Morgan fingerprint density at radius 2 is 1.97 bits per heavy atom. The Bertz CT molecular complexity index is 1030. The van der Waals surface area contributed by atoms with Gasteiger partial charge >= 0.3 is 12.1 Å². The average molecular weight is 501 g/mol. The number of rotatable bonds is 8. The highest BCUT2D eigenvalue weighted by Crippen LogP contribution is 2.32. The van der Waals surface area contributed by atoms with Crippen LogP contribution in [0.1, 0.15) is 49.6 Å². The van der Waals surface area contributed by atoms with Crippen molar-refractivity contribution in [3.63, 3.8) is 0 Å². The van der Waals surface area contributed by atoms with Gasteiger partial charge in [0.05, 0.1) is 19.0 Å². The molecule has 2 aromatic rings. The minimum atomic E-state index is -5.19. The summed E-state index contributed by atoms with van der Waals surface area (Å²) in [7, 11) is 0. The first-order chi connectivity index (χ1) is 16.4. The Kier molecular flexibility index (Phi) is 9.87. The maximum atomic E-state index is 14.8. The number of halogens is 4. The smallest absolute Gasteiger partial charge is 0.430 e. The summed E-state index contributed by atoms with van der Waals surface area (Å²) in [4.78, 5) is 20.7. The number of nitrogens with one attached hydrogen (secondary N) is 1. The van der Waals surface area contributed by atoms with E-state index in [2.05, 4.69) is 32.0 Å². The molecule has 1 aromatic heterocycles. The van der Waals surface area contributed by atoms with E-state index in [1.807, 2.05) is 19.9 Å². The van der Waals surface area contributed by atoms with Gasteiger partial charge < -0.3 is 20.3 Å². The Labute approximate surface area is 198 Å². The molecule has 0 saturated carbocycles. The van der Waals surface area contributed by atoms with E-state index in [0.29, 0.717) is 24.2 Å². The van der Waals surface area contributed by atoms with Gasteiger partial charge in [-0.05, 0) is 42.0 Å². The van der Waals surface area contributed by atoms with Crippen LogP contribution in [0, 0.1) is 17.7 Å². The van der Waals surface area contributed by atoms with E-state index < -0.39 is 30.0 Å². The Morgan fingerprint density at radius 3 is 2.43 bits per heavy atom. The van der Waals surface area contributed by atoms with Gasteiger partial charge in [-0.1, -0.05) is 31.2 Å². The molecule has 1 aromatic carbocycles. The van der Waals surface area contributed by atoms with Crippen LogP contribution in [-0.4, -0.2) is 56.9 Å². The van der Waals surface area contributed by atoms with E-state index in [1.54, 1.807) is 6.07 Å². The molecule has 9 nitrogen and oxygen atoms in total. The number of hydrogen-bond acceptors (Lipinski definition) is 6. The van der Waals surface area contributed by atoms with Crippen molar-refractivity contribution < 1.29 is 42.7 Å². The lowest BCUT2D eigenvalue weighted by Gasteiger charge is -2.23. The molecule has 2 atom stereocenters. The fourth-order valence-electron chi connectivity index (χ4n) is 3.83. The third-order valence-electron chi connectivity index (χ3n) is 5.44. The number of aromatic nitrogens is 4. The molecule has 1 aliphatic heterocycles. The number of carbonyl (C=O) groups excluding carboxylic acids is 1. The van der Waals surface area contributed by atoms with Crippen molar-refractivity contribution in [3.05, 3.63) is 47.0 Å². The second kappa shape index (κ2) is 12.4. The van der Waals surface area contributed by atoms with Crippen molar-refractivity contribution in [2.24, 2.45) is 11.8 Å². The standard InChI is InChI=1S/C20H26FN5O2.C2HF3O2/c1-12(2)9-17(20(27)28)16(19-23-25-26-24-19)10-13-3-4-15(18(21)11-13)14-5-7-22-8-6-14;3-2(4,5)1(6)7/h3-5,11-12,16-17,22H,6-10H2,1-2H3,(H,27,28)(H,23,24,25,26);(H,6,7)/t16-,17-;/m0./s1.